The fourth-order valence-corrected chi connectivity index (χ4v) is 4.28. The highest BCUT2D eigenvalue weighted by Crippen LogP contribution is 2.34. The van der Waals surface area contributed by atoms with Gasteiger partial charge in [-0.15, -0.1) is 11.3 Å². The Bertz CT molecular complexity index is 1310. The van der Waals surface area contributed by atoms with E-state index in [9.17, 15) is 9.59 Å². The van der Waals surface area contributed by atoms with Gasteiger partial charge < -0.3 is 4.74 Å². The molecule has 0 bridgehead atoms. The Morgan fingerprint density at radius 2 is 1.62 bits per heavy atom. The fourth-order valence-electron chi connectivity index (χ4n) is 2.88. The van der Waals surface area contributed by atoms with E-state index in [1.165, 1.54) is 23.6 Å². The third-order valence-electron chi connectivity index (χ3n) is 4.43. The average molecular weight is 461 g/mol. The minimum atomic E-state index is -0.470. The minimum Gasteiger partial charge on any atom is -0.423 e. The number of thiophene rings is 1. The van der Waals surface area contributed by atoms with Crippen LogP contribution in [0.3, 0.4) is 0 Å². The largest absolute Gasteiger partial charge is 0.423 e. The number of esters is 1. The second-order valence-corrected chi connectivity index (χ2v) is 8.10. The molecule has 0 atom stereocenters. The number of carbonyl (C=O) groups is 2. The first-order valence-corrected chi connectivity index (χ1v) is 10.8. The van der Waals surface area contributed by atoms with Gasteiger partial charge in [0.25, 0.3) is 5.91 Å². The average Bonchev–Trinajstić information content (AvgIpc) is 3.16. The maximum atomic E-state index is 12.4. The van der Waals surface area contributed by atoms with Crippen LogP contribution in [0.5, 0.6) is 5.75 Å². The number of hydrogen-bond acceptors (Lipinski definition) is 5. The van der Waals surface area contributed by atoms with Gasteiger partial charge in [-0.1, -0.05) is 60.1 Å². The third kappa shape index (κ3) is 5.29. The van der Waals surface area contributed by atoms with Crippen molar-refractivity contribution in [2.75, 3.05) is 0 Å². The van der Waals surface area contributed by atoms with E-state index in [1.807, 2.05) is 54.6 Å². The highest BCUT2D eigenvalue weighted by molar-refractivity contribution is 7.21. The molecule has 4 rings (SSSR count). The number of nitrogens with zero attached hydrogens (tertiary/aromatic N) is 1. The summed E-state index contributed by atoms with van der Waals surface area (Å²) in [4.78, 5) is 24.8. The monoisotopic (exact) mass is 460 g/mol. The number of carbonyl (C=O) groups excluding carboxylic acids is 2. The number of benzene rings is 3. The summed E-state index contributed by atoms with van der Waals surface area (Å²) in [6.45, 7) is 0. The molecule has 32 heavy (non-hydrogen) atoms. The number of amides is 1. The third-order valence-corrected chi connectivity index (χ3v) is 6.11. The quantitative estimate of drug-likeness (QED) is 0.127. The van der Waals surface area contributed by atoms with E-state index in [-0.39, 0.29) is 5.91 Å². The van der Waals surface area contributed by atoms with E-state index < -0.39 is 5.97 Å². The number of fused-ring (bicyclic) bond motifs is 1. The van der Waals surface area contributed by atoms with Gasteiger partial charge in [-0.05, 0) is 47.5 Å². The Kier molecular flexibility index (Phi) is 6.75. The lowest BCUT2D eigenvalue weighted by Crippen LogP contribution is -2.16. The molecule has 0 saturated carbocycles. The van der Waals surface area contributed by atoms with Gasteiger partial charge in [-0.3, -0.25) is 4.79 Å². The van der Waals surface area contributed by atoms with Crippen LogP contribution in [0, 0.1) is 0 Å². The number of nitrogens with one attached hydrogen (secondary N) is 1. The van der Waals surface area contributed by atoms with Crippen molar-refractivity contribution < 1.29 is 14.3 Å². The molecule has 1 N–H and O–H groups in total. The van der Waals surface area contributed by atoms with Crippen LogP contribution in [0.4, 0.5) is 0 Å². The molecule has 1 amide bonds. The molecular weight excluding hydrogens is 444 g/mol. The van der Waals surface area contributed by atoms with Crippen LogP contribution in [0.1, 0.15) is 20.8 Å². The lowest BCUT2D eigenvalue weighted by molar-refractivity contribution is -0.128. The van der Waals surface area contributed by atoms with E-state index in [1.54, 1.807) is 30.3 Å². The van der Waals surface area contributed by atoms with E-state index in [4.69, 9.17) is 16.3 Å². The predicted molar refractivity (Wildman–Crippen MR) is 129 cm³/mol. The Hall–Kier alpha value is -3.74. The summed E-state index contributed by atoms with van der Waals surface area (Å²) in [7, 11) is 0. The van der Waals surface area contributed by atoms with Crippen LogP contribution >= 0.6 is 22.9 Å². The Morgan fingerprint density at radius 3 is 2.38 bits per heavy atom. The SMILES string of the molecule is O=C(/C=C/c1ccccc1)Oc1ccc(/C=N\NC(=O)c2sc3ccccc3c2Cl)cc1. The zero-order valence-corrected chi connectivity index (χ0v) is 18.3. The summed E-state index contributed by atoms with van der Waals surface area (Å²) in [5.41, 5.74) is 4.13. The normalized spacial score (nSPS) is 11.3. The fraction of sp³-hybridized carbons (Fsp3) is 0. The van der Waals surface area contributed by atoms with Gasteiger partial charge in [-0.2, -0.15) is 5.10 Å². The summed E-state index contributed by atoms with van der Waals surface area (Å²) in [6, 6.07) is 23.8. The molecule has 158 valence electrons. The van der Waals surface area contributed by atoms with Crippen molar-refractivity contribution in [3.8, 4) is 5.75 Å². The molecule has 0 unspecified atom stereocenters. The highest BCUT2D eigenvalue weighted by atomic mass is 35.5. The van der Waals surface area contributed by atoms with Gasteiger partial charge in [0.2, 0.25) is 0 Å². The molecule has 0 spiro atoms. The predicted octanol–water partition coefficient (Wildman–Crippen LogP) is 5.94. The van der Waals surface area contributed by atoms with E-state index in [0.29, 0.717) is 15.6 Å². The highest BCUT2D eigenvalue weighted by Gasteiger charge is 2.16. The molecule has 0 aliphatic carbocycles. The molecule has 0 aliphatic heterocycles. The van der Waals surface area contributed by atoms with Gasteiger partial charge in [0.1, 0.15) is 10.6 Å². The van der Waals surface area contributed by atoms with Gasteiger partial charge in [-0.25, -0.2) is 10.2 Å². The molecule has 3 aromatic carbocycles. The molecule has 7 heteroatoms. The number of hydrazone groups is 1. The van der Waals surface area contributed by atoms with Crippen molar-refractivity contribution in [2.24, 2.45) is 5.10 Å². The summed E-state index contributed by atoms with van der Waals surface area (Å²) in [5.74, 6) is -0.433. The number of ether oxygens (including phenoxy) is 1. The maximum Gasteiger partial charge on any atom is 0.336 e. The molecule has 1 heterocycles. The topological polar surface area (TPSA) is 67.8 Å². The van der Waals surface area contributed by atoms with Crippen molar-refractivity contribution in [1.82, 2.24) is 5.43 Å². The van der Waals surface area contributed by atoms with Crippen LogP contribution < -0.4 is 10.2 Å². The van der Waals surface area contributed by atoms with Crippen molar-refractivity contribution >= 4 is 57.2 Å². The van der Waals surface area contributed by atoms with E-state index in [2.05, 4.69) is 10.5 Å². The van der Waals surface area contributed by atoms with Crippen LogP contribution in [0.25, 0.3) is 16.2 Å². The number of rotatable bonds is 6. The molecule has 1 aromatic heterocycles. The van der Waals surface area contributed by atoms with Crippen LogP contribution in [-0.2, 0) is 4.79 Å². The van der Waals surface area contributed by atoms with Gasteiger partial charge in [0, 0.05) is 16.2 Å². The van der Waals surface area contributed by atoms with Crippen LogP contribution in [-0.4, -0.2) is 18.1 Å². The van der Waals surface area contributed by atoms with Gasteiger partial charge >= 0.3 is 5.97 Å². The molecule has 0 aliphatic rings. The minimum absolute atomic E-state index is 0.372. The molecule has 0 radical (unpaired) electrons. The molecule has 4 aromatic rings. The summed E-state index contributed by atoms with van der Waals surface area (Å²) >= 11 is 7.63. The standard InChI is InChI=1S/C25H17ClN2O3S/c26-23-20-8-4-5-9-21(20)32-24(23)25(30)28-27-16-18-10-13-19(14-11-18)31-22(29)15-12-17-6-2-1-3-7-17/h1-16H,(H,28,30)/b15-12+,27-16-. The summed E-state index contributed by atoms with van der Waals surface area (Å²) in [5, 5.41) is 5.25. The van der Waals surface area contributed by atoms with Gasteiger partial charge in [0.05, 0.1) is 11.2 Å². The van der Waals surface area contributed by atoms with Crippen molar-refractivity contribution in [1.29, 1.82) is 0 Å². The van der Waals surface area contributed by atoms with Crippen molar-refractivity contribution in [3.63, 3.8) is 0 Å². The Labute approximate surface area is 193 Å². The lowest BCUT2D eigenvalue weighted by Gasteiger charge is -2.02. The summed E-state index contributed by atoms with van der Waals surface area (Å²) < 4.78 is 6.22. The first kappa shape index (κ1) is 21.5. The number of halogens is 1. The van der Waals surface area contributed by atoms with E-state index in [0.717, 1.165) is 21.2 Å². The second-order valence-electron chi connectivity index (χ2n) is 6.67. The zero-order valence-electron chi connectivity index (χ0n) is 16.7. The molecule has 0 saturated heterocycles. The maximum absolute atomic E-state index is 12.4. The van der Waals surface area contributed by atoms with Crippen molar-refractivity contribution in [2.45, 2.75) is 0 Å². The lowest BCUT2D eigenvalue weighted by atomic mass is 10.2. The Balaban J connectivity index is 1.33. The zero-order chi connectivity index (χ0) is 22.3. The second kappa shape index (κ2) is 10.0. The Morgan fingerprint density at radius 1 is 0.906 bits per heavy atom. The number of hydrogen-bond donors (Lipinski definition) is 1. The molecule has 5 nitrogen and oxygen atoms in total. The van der Waals surface area contributed by atoms with Crippen molar-refractivity contribution in [3.05, 3.63) is 106 Å². The van der Waals surface area contributed by atoms with Crippen LogP contribution in [0.15, 0.2) is 90.0 Å². The first-order chi connectivity index (χ1) is 15.6. The smallest absolute Gasteiger partial charge is 0.336 e. The first-order valence-electron chi connectivity index (χ1n) is 9.65. The van der Waals surface area contributed by atoms with Crippen LogP contribution in [0.2, 0.25) is 5.02 Å². The molecular formula is C25H17ClN2O3S. The van der Waals surface area contributed by atoms with E-state index >= 15 is 0 Å². The summed E-state index contributed by atoms with van der Waals surface area (Å²) in [6.07, 6.45) is 4.56. The molecule has 0 fully saturated rings. The van der Waals surface area contributed by atoms with Gasteiger partial charge in [0.15, 0.2) is 0 Å².